The third-order valence-electron chi connectivity index (χ3n) is 5.71. The van der Waals surface area contributed by atoms with Gasteiger partial charge in [0.15, 0.2) is 5.16 Å². The Morgan fingerprint density at radius 3 is 2.56 bits per heavy atom. The highest BCUT2D eigenvalue weighted by molar-refractivity contribution is 7.98. The van der Waals surface area contributed by atoms with Crippen LogP contribution in [0.1, 0.15) is 82.5 Å². The van der Waals surface area contributed by atoms with Gasteiger partial charge in [-0.2, -0.15) is 0 Å². The van der Waals surface area contributed by atoms with E-state index in [-0.39, 0.29) is 5.91 Å². The number of nitrogens with zero attached hydrogens (tertiary/aromatic N) is 3. The van der Waals surface area contributed by atoms with Crippen molar-refractivity contribution in [2.45, 2.75) is 88.2 Å². The smallest absolute Gasteiger partial charge is 0.220 e. The van der Waals surface area contributed by atoms with Gasteiger partial charge in [0.25, 0.3) is 0 Å². The molecule has 1 heterocycles. The summed E-state index contributed by atoms with van der Waals surface area (Å²) in [6, 6.07) is 0.577. The third-order valence-corrected chi connectivity index (χ3v) is 6.35. The van der Waals surface area contributed by atoms with Crippen molar-refractivity contribution < 1.29 is 4.79 Å². The normalized spacial score (nSPS) is 19.4. The van der Waals surface area contributed by atoms with Crippen LogP contribution in [0.5, 0.6) is 0 Å². The van der Waals surface area contributed by atoms with Gasteiger partial charge in [-0.05, 0) is 44.3 Å². The highest BCUT2D eigenvalue weighted by atomic mass is 32.2. The van der Waals surface area contributed by atoms with Crippen LogP contribution in [0.15, 0.2) is 5.16 Å². The molecule has 0 bridgehead atoms. The van der Waals surface area contributed by atoms with Crippen molar-refractivity contribution in [1.82, 2.24) is 20.1 Å². The molecule has 2 fully saturated rings. The lowest BCUT2D eigenvalue weighted by molar-refractivity contribution is -0.122. The number of aryl methyl sites for hydroxylation is 1. The van der Waals surface area contributed by atoms with Gasteiger partial charge in [0.1, 0.15) is 5.82 Å². The average molecular weight is 365 g/mol. The summed E-state index contributed by atoms with van der Waals surface area (Å²) in [5.41, 5.74) is 0. The zero-order valence-electron chi connectivity index (χ0n) is 15.5. The molecule has 1 aromatic rings. The molecule has 1 aromatic heterocycles. The first-order valence-corrected chi connectivity index (χ1v) is 11.2. The van der Waals surface area contributed by atoms with Gasteiger partial charge >= 0.3 is 0 Å². The molecule has 1 amide bonds. The molecule has 0 aliphatic heterocycles. The summed E-state index contributed by atoms with van der Waals surface area (Å²) < 4.78 is 2.36. The Morgan fingerprint density at radius 2 is 1.84 bits per heavy atom. The van der Waals surface area contributed by atoms with E-state index in [0.29, 0.717) is 12.0 Å². The van der Waals surface area contributed by atoms with E-state index >= 15 is 0 Å². The van der Waals surface area contributed by atoms with E-state index in [1.165, 1.54) is 57.8 Å². The average Bonchev–Trinajstić information content (AvgIpc) is 3.28. The number of carbonyl (C=O) groups excluding carboxylic acids is 1. The highest BCUT2D eigenvalue weighted by Gasteiger charge is 2.23. The minimum absolute atomic E-state index is 0.231. The monoisotopic (exact) mass is 364 g/mol. The van der Waals surface area contributed by atoms with Gasteiger partial charge in [0.2, 0.25) is 5.91 Å². The lowest BCUT2D eigenvalue weighted by Gasteiger charge is -2.20. The molecule has 5 nitrogen and oxygen atoms in total. The predicted molar refractivity (Wildman–Crippen MR) is 102 cm³/mol. The Labute approximate surface area is 155 Å². The second-order valence-electron chi connectivity index (χ2n) is 7.57. The lowest BCUT2D eigenvalue weighted by Crippen LogP contribution is -2.27. The third kappa shape index (κ3) is 5.22. The van der Waals surface area contributed by atoms with Crippen LogP contribution in [0.3, 0.4) is 0 Å². The van der Waals surface area contributed by atoms with Crippen molar-refractivity contribution in [3.8, 4) is 0 Å². The number of aromatic nitrogens is 3. The van der Waals surface area contributed by atoms with Gasteiger partial charge in [0.05, 0.1) is 0 Å². The van der Waals surface area contributed by atoms with Crippen molar-refractivity contribution in [3.63, 3.8) is 0 Å². The molecule has 0 aromatic carbocycles. The summed E-state index contributed by atoms with van der Waals surface area (Å²) >= 11 is 1.69. The number of rotatable bonds is 8. The molecule has 6 heteroatoms. The number of amides is 1. The van der Waals surface area contributed by atoms with E-state index in [4.69, 9.17) is 0 Å². The maximum absolute atomic E-state index is 12.1. The fourth-order valence-electron chi connectivity index (χ4n) is 4.35. The molecule has 1 N–H and O–H groups in total. The summed E-state index contributed by atoms with van der Waals surface area (Å²) in [5.74, 6) is 1.94. The van der Waals surface area contributed by atoms with Crippen LogP contribution in [0.25, 0.3) is 0 Å². The number of nitrogens with one attached hydrogen (secondary N) is 1. The first-order valence-electron chi connectivity index (χ1n) is 10.0. The van der Waals surface area contributed by atoms with Crippen LogP contribution in [-0.2, 0) is 11.2 Å². The van der Waals surface area contributed by atoms with Crippen molar-refractivity contribution in [3.05, 3.63) is 5.82 Å². The van der Waals surface area contributed by atoms with Crippen molar-refractivity contribution in [2.24, 2.45) is 5.92 Å². The number of carbonyl (C=O) groups is 1. The zero-order chi connectivity index (χ0) is 17.5. The van der Waals surface area contributed by atoms with Crippen LogP contribution in [0.4, 0.5) is 0 Å². The van der Waals surface area contributed by atoms with E-state index in [9.17, 15) is 4.79 Å². The molecule has 3 rings (SSSR count). The fourth-order valence-corrected chi connectivity index (χ4v) is 4.92. The molecular weight excluding hydrogens is 332 g/mol. The quantitative estimate of drug-likeness (QED) is 0.556. The van der Waals surface area contributed by atoms with Crippen LogP contribution in [-0.4, -0.2) is 33.5 Å². The van der Waals surface area contributed by atoms with E-state index < -0.39 is 0 Å². The Hall–Kier alpha value is -1.04. The van der Waals surface area contributed by atoms with E-state index in [1.54, 1.807) is 11.8 Å². The Morgan fingerprint density at radius 1 is 1.12 bits per heavy atom. The maximum atomic E-state index is 12.1. The molecule has 2 saturated carbocycles. The molecule has 2 aliphatic carbocycles. The van der Waals surface area contributed by atoms with Crippen molar-refractivity contribution in [1.29, 1.82) is 0 Å². The molecule has 0 saturated heterocycles. The minimum atomic E-state index is 0.231. The van der Waals surface area contributed by atoms with Crippen molar-refractivity contribution >= 4 is 17.7 Å². The van der Waals surface area contributed by atoms with Crippen LogP contribution < -0.4 is 5.32 Å². The molecular formula is C19H32N4OS. The number of thioether (sulfide) groups is 1. The largest absolute Gasteiger partial charge is 0.356 e. The van der Waals surface area contributed by atoms with Gasteiger partial charge in [0, 0.05) is 25.4 Å². The molecule has 0 atom stereocenters. The standard InChI is InChI=1S/C19H32N4OS/c1-25-19-22-21-17(23(19)16-10-5-6-11-16)12-7-13-20-18(24)14-15-8-3-2-4-9-15/h15-16H,2-14H2,1H3,(H,20,24). The van der Waals surface area contributed by atoms with E-state index in [1.807, 2.05) is 0 Å². The minimum Gasteiger partial charge on any atom is -0.356 e. The first-order chi connectivity index (χ1) is 12.3. The number of hydrogen-bond acceptors (Lipinski definition) is 4. The second-order valence-corrected chi connectivity index (χ2v) is 8.35. The first kappa shape index (κ1) is 18.7. The van der Waals surface area contributed by atoms with Gasteiger partial charge in [-0.25, -0.2) is 0 Å². The van der Waals surface area contributed by atoms with Gasteiger partial charge in [-0.3, -0.25) is 4.79 Å². The van der Waals surface area contributed by atoms with E-state index in [0.717, 1.165) is 36.8 Å². The predicted octanol–water partition coefficient (Wildman–Crippen LogP) is 4.13. The Balaban J connectivity index is 1.42. The zero-order valence-corrected chi connectivity index (χ0v) is 16.3. The molecule has 140 valence electrons. The van der Waals surface area contributed by atoms with Crippen LogP contribution >= 0.6 is 11.8 Å². The molecule has 0 spiro atoms. The van der Waals surface area contributed by atoms with Gasteiger partial charge < -0.3 is 9.88 Å². The summed E-state index contributed by atoms with van der Waals surface area (Å²) in [4.78, 5) is 12.1. The lowest BCUT2D eigenvalue weighted by atomic mass is 9.87. The molecule has 25 heavy (non-hydrogen) atoms. The van der Waals surface area contributed by atoms with Crippen LogP contribution in [0, 0.1) is 5.92 Å². The van der Waals surface area contributed by atoms with E-state index in [2.05, 4.69) is 26.3 Å². The van der Waals surface area contributed by atoms with Crippen molar-refractivity contribution in [2.75, 3.05) is 12.8 Å². The summed E-state index contributed by atoms with van der Waals surface area (Å²) in [5, 5.41) is 12.9. The fraction of sp³-hybridized carbons (Fsp3) is 0.842. The Kier molecular flexibility index (Phi) is 7.20. The molecule has 2 aliphatic rings. The SMILES string of the molecule is CSc1nnc(CCCNC(=O)CC2CCCCC2)n1C1CCCC1. The van der Waals surface area contributed by atoms with Gasteiger partial charge in [-0.1, -0.05) is 43.9 Å². The topological polar surface area (TPSA) is 59.8 Å². The number of hydrogen-bond donors (Lipinski definition) is 1. The molecule has 0 radical (unpaired) electrons. The summed E-state index contributed by atoms with van der Waals surface area (Å²) in [6.07, 6.45) is 16.2. The summed E-state index contributed by atoms with van der Waals surface area (Å²) in [6.45, 7) is 0.748. The Bertz CT molecular complexity index is 548. The van der Waals surface area contributed by atoms with Gasteiger partial charge in [-0.15, -0.1) is 10.2 Å². The second kappa shape index (κ2) is 9.60. The molecule has 0 unspecified atom stereocenters. The van der Waals surface area contributed by atoms with Crippen LogP contribution in [0.2, 0.25) is 0 Å². The maximum Gasteiger partial charge on any atom is 0.220 e. The summed E-state index contributed by atoms with van der Waals surface area (Å²) in [7, 11) is 0. The highest BCUT2D eigenvalue weighted by Crippen LogP contribution is 2.33.